The predicted octanol–water partition coefficient (Wildman–Crippen LogP) is 2.06. The number of nitrogens with zero attached hydrogens (tertiary/aromatic N) is 1. The molecule has 0 bridgehead atoms. The molecule has 0 atom stereocenters. The number of carbonyl (C=O) groups is 1. The summed E-state index contributed by atoms with van der Waals surface area (Å²) in [6.45, 7) is 6.56. The summed E-state index contributed by atoms with van der Waals surface area (Å²) in [6, 6.07) is 7.65. The molecule has 1 aromatic carbocycles. The Labute approximate surface area is 116 Å². The van der Waals surface area contributed by atoms with E-state index in [4.69, 9.17) is 5.73 Å². The van der Waals surface area contributed by atoms with Crippen LogP contribution in [0, 0.1) is 5.92 Å². The molecule has 0 aliphatic rings. The maximum Gasteiger partial charge on any atom is 0.225 e. The van der Waals surface area contributed by atoms with Crippen LogP contribution in [0.15, 0.2) is 24.3 Å². The summed E-state index contributed by atoms with van der Waals surface area (Å²) in [7, 11) is 2.04. The predicted molar refractivity (Wildman–Crippen MR) is 79.9 cm³/mol. The summed E-state index contributed by atoms with van der Waals surface area (Å²) in [5, 5.41) is 2.92. The molecule has 19 heavy (non-hydrogen) atoms. The number of nitrogens with one attached hydrogen (secondary N) is 1. The van der Waals surface area contributed by atoms with Gasteiger partial charge in [-0.05, 0) is 24.6 Å². The van der Waals surface area contributed by atoms with E-state index >= 15 is 0 Å². The van der Waals surface area contributed by atoms with E-state index in [1.807, 2.05) is 31.3 Å². The van der Waals surface area contributed by atoms with Crippen molar-refractivity contribution in [3.05, 3.63) is 29.8 Å². The quantitative estimate of drug-likeness (QED) is 0.791. The second-order valence-electron chi connectivity index (χ2n) is 5.32. The van der Waals surface area contributed by atoms with E-state index in [0.717, 1.165) is 24.3 Å². The number of hydrogen-bond acceptors (Lipinski definition) is 3. The number of carbonyl (C=O) groups excluding carboxylic acids is 1. The largest absolute Gasteiger partial charge is 0.326 e. The van der Waals surface area contributed by atoms with E-state index in [1.54, 1.807) is 0 Å². The zero-order valence-corrected chi connectivity index (χ0v) is 12.1. The van der Waals surface area contributed by atoms with Crippen LogP contribution in [0.1, 0.15) is 25.8 Å². The fourth-order valence-corrected chi connectivity index (χ4v) is 2.04. The fraction of sp³-hybridized carbons (Fsp3) is 0.533. The Balaban J connectivity index is 2.43. The lowest BCUT2D eigenvalue weighted by Crippen LogP contribution is -2.27. The first kappa shape index (κ1) is 15.7. The molecule has 0 saturated carbocycles. The third-order valence-electron chi connectivity index (χ3n) is 2.91. The summed E-state index contributed by atoms with van der Waals surface area (Å²) in [6.07, 6.45) is 0.502. The van der Waals surface area contributed by atoms with Crippen LogP contribution in [-0.4, -0.2) is 30.9 Å². The van der Waals surface area contributed by atoms with Gasteiger partial charge in [0.05, 0.1) is 0 Å². The first-order chi connectivity index (χ1) is 9.02. The second-order valence-corrected chi connectivity index (χ2v) is 5.32. The molecule has 0 aliphatic heterocycles. The standard InChI is InChI=1S/C15H25N3O/c1-12(2)11-18(3)9-8-15(19)17-14-7-5-4-6-13(14)10-16/h4-7,12H,8-11,16H2,1-3H3,(H,17,19). The minimum Gasteiger partial charge on any atom is -0.326 e. The summed E-state index contributed by atoms with van der Waals surface area (Å²) >= 11 is 0. The van der Waals surface area contributed by atoms with E-state index in [9.17, 15) is 4.79 Å². The lowest BCUT2D eigenvalue weighted by molar-refractivity contribution is -0.116. The van der Waals surface area contributed by atoms with Gasteiger partial charge in [0.2, 0.25) is 5.91 Å². The molecule has 106 valence electrons. The molecular formula is C15H25N3O. The number of hydrogen-bond donors (Lipinski definition) is 2. The van der Waals surface area contributed by atoms with E-state index < -0.39 is 0 Å². The molecule has 0 spiro atoms. The maximum absolute atomic E-state index is 11.9. The number of rotatable bonds is 7. The number of nitrogens with two attached hydrogens (primary N) is 1. The average Bonchev–Trinajstić information content (AvgIpc) is 2.36. The summed E-state index contributed by atoms with van der Waals surface area (Å²) in [5.41, 5.74) is 7.43. The van der Waals surface area contributed by atoms with E-state index in [2.05, 4.69) is 24.1 Å². The minimum atomic E-state index is 0.0384. The molecule has 1 aromatic rings. The van der Waals surface area contributed by atoms with Gasteiger partial charge < -0.3 is 16.0 Å². The van der Waals surface area contributed by atoms with Crippen molar-refractivity contribution in [2.45, 2.75) is 26.8 Å². The van der Waals surface area contributed by atoms with Crippen molar-refractivity contribution in [2.75, 3.05) is 25.5 Å². The van der Waals surface area contributed by atoms with Crippen molar-refractivity contribution < 1.29 is 4.79 Å². The van der Waals surface area contributed by atoms with Gasteiger partial charge in [0.15, 0.2) is 0 Å². The lowest BCUT2D eigenvalue weighted by atomic mass is 10.1. The molecule has 3 N–H and O–H groups in total. The topological polar surface area (TPSA) is 58.4 Å². The molecular weight excluding hydrogens is 238 g/mol. The highest BCUT2D eigenvalue weighted by Crippen LogP contribution is 2.14. The Morgan fingerprint density at radius 2 is 2.05 bits per heavy atom. The second kappa shape index (κ2) is 7.92. The van der Waals surface area contributed by atoms with Gasteiger partial charge in [-0.15, -0.1) is 0 Å². The van der Waals surface area contributed by atoms with Crippen molar-refractivity contribution in [1.82, 2.24) is 4.90 Å². The van der Waals surface area contributed by atoms with E-state index in [-0.39, 0.29) is 5.91 Å². The average molecular weight is 263 g/mol. The Hall–Kier alpha value is -1.39. The summed E-state index contributed by atoms with van der Waals surface area (Å²) < 4.78 is 0. The smallest absolute Gasteiger partial charge is 0.225 e. The normalized spacial score (nSPS) is 11.1. The summed E-state index contributed by atoms with van der Waals surface area (Å²) in [5.74, 6) is 0.655. The monoisotopic (exact) mass is 263 g/mol. The summed E-state index contributed by atoms with van der Waals surface area (Å²) in [4.78, 5) is 14.1. The van der Waals surface area contributed by atoms with E-state index in [0.29, 0.717) is 18.9 Å². The molecule has 4 nitrogen and oxygen atoms in total. The maximum atomic E-state index is 11.9. The van der Waals surface area contributed by atoms with Gasteiger partial charge in [0.1, 0.15) is 0 Å². The Bertz CT molecular complexity index is 404. The molecule has 4 heteroatoms. The first-order valence-electron chi connectivity index (χ1n) is 6.79. The molecule has 0 unspecified atom stereocenters. The number of benzene rings is 1. The van der Waals surface area contributed by atoms with Crippen LogP contribution >= 0.6 is 0 Å². The Morgan fingerprint density at radius 3 is 2.68 bits per heavy atom. The van der Waals surface area contributed by atoms with Gasteiger partial charge in [-0.1, -0.05) is 32.0 Å². The van der Waals surface area contributed by atoms with Crippen molar-refractivity contribution >= 4 is 11.6 Å². The van der Waals surface area contributed by atoms with Gasteiger partial charge in [0.25, 0.3) is 0 Å². The minimum absolute atomic E-state index is 0.0384. The van der Waals surface area contributed by atoms with Gasteiger partial charge in [0, 0.05) is 31.7 Å². The van der Waals surface area contributed by atoms with Gasteiger partial charge in [-0.25, -0.2) is 0 Å². The highest BCUT2D eigenvalue weighted by Gasteiger charge is 2.08. The highest BCUT2D eigenvalue weighted by molar-refractivity contribution is 5.91. The van der Waals surface area contributed by atoms with Crippen molar-refractivity contribution in [3.8, 4) is 0 Å². The molecule has 0 saturated heterocycles. The third-order valence-corrected chi connectivity index (χ3v) is 2.91. The molecule has 0 radical (unpaired) electrons. The zero-order chi connectivity index (χ0) is 14.3. The molecule has 0 aliphatic carbocycles. The van der Waals surface area contributed by atoms with Gasteiger partial charge in [-0.3, -0.25) is 4.79 Å². The van der Waals surface area contributed by atoms with Crippen LogP contribution in [0.4, 0.5) is 5.69 Å². The number of amides is 1. The number of anilines is 1. The van der Waals surface area contributed by atoms with E-state index in [1.165, 1.54) is 0 Å². The molecule has 0 fully saturated rings. The van der Waals surface area contributed by atoms with Crippen LogP contribution in [0.2, 0.25) is 0 Å². The molecule has 0 aromatic heterocycles. The van der Waals surface area contributed by atoms with Crippen molar-refractivity contribution in [2.24, 2.45) is 11.7 Å². The van der Waals surface area contributed by atoms with Gasteiger partial charge in [-0.2, -0.15) is 0 Å². The fourth-order valence-electron chi connectivity index (χ4n) is 2.04. The zero-order valence-electron chi connectivity index (χ0n) is 12.1. The van der Waals surface area contributed by atoms with Crippen molar-refractivity contribution in [3.63, 3.8) is 0 Å². The molecule has 1 amide bonds. The highest BCUT2D eigenvalue weighted by atomic mass is 16.1. The third kappa shape index (κ3) is 5.85. The Morgan fingerprint density at radius 1 is 1.37 bits per heavy atom. The molecule has 0 heterocycles. The number of para-hydroxylation sites is 1. The lowest BCUT2D eigenvalue weighted by Gasteiger charge is -2.18. The van der Waals surface area contributed by atoms with Crippen molar-refractivity contribution in [1.29, 1.82) is 0 Å². The van der Waals surface area contributed by atoms with Gasteiger partial charge >= 0.3 is 0 Å². The first-order valence-corrected chi connectivity index (χ1v) is 6.79. The van der Waals surface area contributed by atoms with Crippen LogP contribution in [-0.2, 0) is 11.3 Å². The van der Waals surface area contributed by atoms with Crippen LogP contribution < -0.4 is 11.1 Å². The Kier molecular flexibility index (Phi) is 6.53. The van der Waals surface area contributed by atoms with Crippen LogP contribution in [0.3, 0.4) is 0 Å². The SMILES string of the molecule is CC(C)CN(C)CCC(=O)Nc1ccccc1CN. The van der Waals surface area contributed by atoms with Crippen LogP contribution in [0.25, 0.3) is 0 Å². The molecule has 1 rings (SSSR count). The van der Waals surface area contributed by atoms with Crippen LogP contribution in [0.5, 0.6) is 0 Å².